The Balaban J connectivity index is 1.91. The maximum absolute atomic E-state index is 12.2. The molecule has 33 heavy (non-hydrogen) atoms. The van der Waals surface area contributed by atoms with Gasteiger partial charge < -0.3 is 33.2 Å². The van der Waals surface area contributed by atoms with Gasteiger partial charge in [-0.05, 0) is 0 Å². The van der Waals surface area contributed by atoms with Crippen LogP contribution in [0.4, 0.5) is 0 Å². The van der Waals surface area contributed by atoms with Gasteiger partial charge in [-0.25, -0.2) is 0 Å². The first kappa shape index (κ1) is 25.4. The normalized spacial score (nSPS) is 35.5. The lowest BCUT2D eigenvalue weighted by atomic mass is 9.99. The van der Waals surface area contributed by atoms with Crippen molar-refractivity contribution in [3.8, 4) is 0 Å². The van der Waals surface area contributed by atoms with E-state index < -0.39 is 71.4 Å². The van der Waals surface area contributed by atoms with Crippen molar-refractivity contribution < 1.29 is 57.1 Å². The molecule has 0 aromatic heterocycles. The zero-order valence-corrected chi connectivity index (χ0v) is 19.4. The molecule has 0 unspecified atom stereocenters. The third kappa shape index (κ3) is 6.43. The standard InChI is InChI=1S/C20H26O12S/c1-8(21)26-7-14-16(28-9(2)22)17(29-10(3)23)18(30-11(4)24)20(32-14)33-15-5-12(25)19-27-6-13(15)31-19/h13-20H,5-7H2,1-4H3/t13-,14-,15+,16+,17+,18-,19-,20+/m1/s1. The number of carbonyl (C=O) groups is 5. The minimum absolute atomic E-state index is 0.132. The highest BCUT2D eigenvalue weighted by Crippen LogP contribution is 2.41. The van der Waals surface area contributed by atoms with Gasteiger partial charge in [-0.1, -0.05) is 0 Å². The summed E-state index contributed by atoms with van der Waals surface area (Å²) in [7, 11) is 0. The van der Waals surface area contributed by atoms with Gasteiger partial charge in [0.15, 0.2) is 24.1 Å². The van der Waals surface area contributed by atoms with Crippen molar-refractivity contribution in [2.24, 2.45) is 0 Å². The van der Waals surface area contributed by atoms with Gasteiger partial charge >= 0.3 is 23.9 Å². The Kier molecular flexibility index (Phi) is 8.32. The highest BCUT2D eigenvalue weighted by Gasteiger charge is 2.54. The van der Waals surface area contributed by atoms with Gasteiger partial charge in [0, 0.05) is 39.4 Å². The molecule has 0 saturated carbocycles. The summed E-state index contributed by atoms with van der Waals surface area (Å²) < 4.78 is 38.2. The second kappa shape index (κ2) is 10.8. The molecule has 0 spiro atoms. The molecular weight excluding hydrogens is 464 g/mol. The Bertz CT molecular complexity index is 800. The van der Waals surface area contributed by atoms with Crippen LogP contribution in [0.25, 0.3) is 0 Å². The van der Waals surface area contributed by atoms with Crippen LogP contribution in [0.15, 0.2) is 0 Å². The number of esters is 4. The molecule has 0 radical (unpaired) electrons. The topological polar surface area (TPSA) is 150 Å². The van der Waals surface area contributed by atoms with Crippen LogP contribution in [0.1, 0.15) is 34.1 Å². The van der Waals surface area contributed by atoms with Gasteiger partial charge in [0.1, 0.15) is 18.1 Å². The third-order valence-electron chi connectivity index (χ3n) is 5.05. The van der Waals surface area contributed by atoms with Crippen LogP contribution in [-0.4, -0.2) is 90.4 Å². The number of carbonyl (C=O) groups excluding carboxylic acids is 5. The van der Waals surface area contributed by atoms with Crippen molar-refractivity contribution in [3.05, 3.63) is 0 Å². The summed E-state index contributed by atoms with van der Waals surface area (Å²) in [6.45, 7) is 4.56. The van der Waals surface area contributed by atoms with Crippen LogP contribution < -0.4 is 0 Å². The van der Waals surface area contributed by atoms with E-state index in [2.05, 4.69) is 0 Å². The van der Waals surface area contributed by atoms with E-state index in [0.29, 0.717) is 0 Å². The molecule has 3 rings (SSSR count). The van der Waals surface area contributed by atoms with Crippen molar-refractivity contribution in [2.45, 2.75) is 81.6 Å². The quantitative estimate of drug-likeness (QED) is 0.345. The highest BCUT2D eigenvalue weighted by molar-refractivity contribution is 8.00. The largest absolute Gasteiger partial charge is 0.463 e. The first-order chi connectivity index (χ1) is 15.5. The molecule has 8 atom stereocenters. The Hall–Kier alpha value is -2.22. The van der Waals surface area contributed by atoms with E-state index in [1.165, 1.54) is 13.8 Å². The molecule has 0 aromatic rings. The SMILES string of the molecule is CC(=O)OC[C@H]1O[C@@H](S[C@H]2CC(=O)[C@@H]3OC[C@H]2O3)[C@H](OC(C)=O)[C@@H](OC(C)=O)[C@H]1OC(C)=O. The first-order valence-corrected chi connectivity index (χ1v) is 11.2. The molecule has 0 aliphatic carbocycles. The molecule has 0 amide bonds. The number of fused-ring (bicyclic) bond motifs is 2. The third-order valence-corrected chi connectivity index (χ3v) is 6.51. The summed E-state index contributed by atoms with van der Waals surface area (Å²) in [6, 6.07) is 0. The summed E-state index contributed by atoms with van der Waals surface area (Å²) in [6.07, 6.45) is -5.87. The fourth-order valence-corrected chi connectivity index (χ4v) is 5.31. The van der Waals surface area contributed by atoms with Crippen LogP contribution in [0.3, 0.4) is 0 Å². The summed E-state index contributed by atoms with van der Waals surface area (Å²) >= 11 is 1.15. The number of hydrogen-bond donors (Lipinski definition) is 0. The molecule has 3 saturated heterocycles. The van der Waals surface area contributed by atoms with Crippen LogP contribution in [0.5, 0.6) is 0 Å². The van der Waals surface area contributed by atoms with Crippen molar-refractivity contribution in [2.75, 3.05) is 13.2 Å². The summed E-state index contributed by atoms with van der Waals surface area (Å²) in [4.78, 5) is 59.1. The average Bonchev–Trinajstić information content (AvgIpc) is 3.14. The number of hydrogen-bond acceptors (Lipinski definition) is 13. The second-order valence-corrected chi connectivity index (χ2v) is 9.09. The molecule has 13 heteroatoms. The molecule has 3 aliphatic heterocycles. The van der Waals surface area contributed by atoms with E-state index >= 15 is 0 Å². The number of ketones is 1. The predicted octanol–water partition coefficient (Wildman–Crippen LogP) is -0.114. The maximum atomic E-state index is 12.2. The van der Waals surface area contributed by atoms with E-state index in [0.717, 1.165) is 25.6 Å². The van der Waals surface area contributed by atoms with E-state index in [1.54, 1.807) is 0 Å². The molecule has 12 nitrogen and oxygen atoms in total. The lowest BCUT2D eigenvalue weighted by Crippen LogP contribution is -2.62. The highest BCUT2D eigenvalue weighted by atomic mass is 32.2. The second-order valence-electron chi connectivity index (χ2n) is 7.75. The molecule has 184 valence electrons. The fourth-order valence-electron chi connectivity index (χ4n) is 3.82. The minimum atomic E-state index is -1.25. The van der Waals surface area contributed by atoms with E-state index in [4.69, 9.17) is 33.2 Å². The Morgan fingerprint density at radius 2 is 1.48 bits per heavy atom. The van der Waals surface area contributed by atoms with Crippen LogP contribution in [0.2, 0.25) is 0 Å². The van der Waals surface area contributed by atoms with E-state index in [9.17, 15) is 24.0 Å². The van der Waals surface area contributed by atoms with Crippen molar-refractivity contribution in [3.63, 3.8) is 0 Å². The van der Waals surface area contributed by atoms with E-state index in [-0.39, 0.29) is 25.4 Å². The lowest BCUT2D eigenvalue weighted by molar-refractivity contribution is -0.237. The minimum Gasteiger partial charge on any atom is -0.463 e. The first-order valence-electron chi connectivity index (χ1n) is 10.3. The molecule has 0 N–H and O–H groups in total. The predicted molar refractivity (Wildman–Crippen MR) is 108 cm³/mol. The summed E-state index contributed by atoms with van der Waals surface area (Å²) in [5.41, 5.74) is -0.968. The summed E-state index contributed by atoms with van der Waals surface area (Å²) in [5, 5.41) is -0.406. The monoisotopic (exact) mass is 490 g/mol. The molecule has 2 bridgehead atoms. The molecule has 0 aromatic carbocycles. The zero-order chi connectivity index (χ0) is 24.3. The molecular formula is C20H26O12S. The Morgan fingerprint density at radius 1 is 0.879 bits per heavy atom. The number of rotatable bonds is 7. The smallest absolute Gasteiger partial charge is 0.303 e. The fraction of sp³-hybridized carbons (Fsp3) is 0.750. The zero-order valence-electron chi connectivity index (χ0n) is 18.5. The van der Waals surface area contributed by atoms with Gasteiger partial charge in [0.25, 0.3) is 0 Å². The van der Waals surface area contributed by atoms with Crippen molar-refractivity contribution in [1.29, 1.82) is 0 Å². The van der Waals surface area contributed by atoms with Crippen LogP contribution >= 0.6 is 11.8 Å². The molecule has 3 fully saturated rings. The maximum Gasteiger partial charge on any atom is 0.303 e. The lowest BCUT2D eigenvalue weighted by Gasteiger charge is -2.45. The summed E-state index contributed by atoms with van der Waals surface area (Å²) in [5.74, 6) is -2.94. The van der Waals surface area contributed by atoms with Crippen LogP contribution in [0, 0.1) is 0 Å². The molecule has 3 heterocycles. The van der Waals surface area contributed by atoms with Gasteiger partial charge in [0.2, 0.25) is 6.29 Å². The van der Waals surface area contributed by atoms with Gasteiger partial charge in [-0.3, -0.25) is 24.0 Å². The molecule has 3 aliphatic rings. The number of thioether (sulfide) groups is 1. The average molecular weight is 490 g/mol. The van der Waals surface area contributed by atoms with Gasteiger partial charge in [0.05, 0.1) is 12.7 Å². The van der Waals surface area contributed by atoms with Crippen molar-refractivity contribution >= 4 is 41.4 Å². The van der Waals surface area contributed by atoms with Crippen LogP contribution in [-0.2, 0) is 57.1 Å². The Morgan fingerprint density at radius 3 is 2.09 bits per heavy atom. The Labute approximate surface area is 193 Å². The van der Waals surface area contributed by atoms with Crippen molar-refractivity contribution in [1.82, 2.24) is 0 Å². The van der Waals surface area contributed by atoms with Gasteiger partial charge in [-0.2, -0.15) is 0 Å². The van der Waals surface area contributed by atoms with Gasteiger partial charge in [-0.15, -0.1) is 11.8 Å². The van der Waals surface area contributed by atoms with E-state index in [1.807, 2.05) is 0 Å². The number of ether oxygens (including phenoxy) is 7. The number of Topliss-reactive ketones (excluding diaryl/α,β-unsaturated/α-hetero) is 1.